The van der Waals surface area contributed by atoms with Crippen LogP contribution in [0.25, 0.3) is 0 Å². The van der Waals surface area contributed by atoms with Gasteiger partial charge in [-0.15, -0.1) is 0 Å². The highest BCUT2D eigenvalue weighted by Gasteiger charge is 2.20. The smallest absolute Gasteiger partial charge is 0.272 e. The van der Waals surface area contributed by atoms with Crippen LogP contribution in [0.5, 0.6) is 0 Å². The maximum absolute atomic E-state index is 13.7. The lowest BCUT2D eigenvalue weighted by molar-refractivity contribution is -0.385. The van der Waals surface area contributed by atoms with Crippen molar-refractivity contribution in [1.82, 2.24) is 4.90 Å². The third-order valence-corrected chi connectivity index (χ3v) is 2.88. The van der Waals surface area contributed by atoms with Crippen molar-refractivity contribution in [3.63, 3.8) is 0 Å². The van der Waals surface area contributed by atoms with Crippen LogP contribution < -0.4 is 0 Å². The number of benzene rings is 1. The molecule has 0 fully saturated rings. The summed E-state index contributed by atoms with van der Waals surface area (Å²) in [5.74, 6) is -1.32. The largest absolute Gasteiger partial charge is 0.338 e. The number of carbonyl (C=O) groups is 1. The van der Waals surface area contributed by atoms with Gasteiger partial charge < -0.3 is 4.90 Å². The number of alkyl halides is 1. The fourth-order valence-corrected chi connectivity index (χ4v) is 2.08. The van der Waals surface area contributed by atoms with E-state index in [9.17, 15) is 19.3 Å². The molecular formula is C12H14BrFN2O3. The number of rotatable bonds is 6. The van der Waals surface area contributed by atoms with Crippen molar-refractivity contribution >= 4 is 27.5 Å². The molecule has 0 aliphatic rings. The minimum atomic E-state index is -0.866. The minimum absolute atomic E-state index is 0.139. The highest BCUT2D eigenvalue weighted by atomic mass is 79.9. The molecule has 1 aromatic rings. The van der Waals surface area contributed by atoms with Gasteiger partial charge in [-0.05, 0) is 12.5 Å². The van der Waals surface area contributed by atoms with Gasteiger partial charge in [-0.1, -0.05) is 22.9 Å². The fraction of sp³-hybridized carbons (Fsp3) is 0.417. The number of nitrogens with zero attached hydrogens (tertiary/aromatic N) is 2. The third kappa shape index (κ3) is 3.99. The predicted octanol–water partition coefficient (Wildman–Crippen LogP) is 2.98. The molecule has 0 aromatic heterocycles. The Bertz CT molecular complexity index is 476. The average Bonchev–Trinajstić information content (AvgIpc) is 2.37. The summed E-state index contributed by atoms with van der Waals surface area (Å²) in [4.78, 5) is 23.5. The number of non-ortho nitro benzene ring substituents is 1. The fourth-order valence-electron chi connectivity index (χ4n) is 1.65. The zero-order valence-corrected chi connectivity index (χ0v) is 12.0. The van der Waals surface area contributed by atoms with Gasteiger partial charge in [0.1, 0.15) is 5.82 Å². The van der Waals surface area contributed by atoms with Gasteiger partial charge in [-0.2, -0.15) is 0 Å². The number of carbonyl (C=O) groups excluding carboxylic acids is 1. The normalized spacial score (nSPS) is 10.3. The van der Waals surface area contributed by atoms with Gasteiger partial charge in [-0.25, -0.2) is 4.39 Å². The molecule has 0 radical (unpaired) electrons. The van der Waals surface area contributed by atoms with Crippen molar-refractivity contribution in [3.8, 4) is 0 Å². The zero-order chi connectivity index (χ0) is 14.4. The molecule has 0 unspecified atom stereocenters. The van der Waals surface area contributed by atoms with E-state index in [1.54, 1.807) is 0 Å². The summed E-state index contributed by atoms with van der Waals surface area (Å²) < 4.78 is 13.7. The molecule has 0 saturated heterocycles. The third-order valence-electron chi connectivity index (χ3n) is 2.53. The van der Waals surface area contributed by atoms with E-state index in [2.05, 4.69) is 15.9 Å². The van der Waals surface area contributed by atoms with Crippen molar-refractivity contribution in [1.29, 1.82) is 0 Å². The first kappa shape index (κ1) is 15.6. The molecule has 0 heterocycles. The van der Waals surface area contributed by atoms with Gasteiger partial charge in [0.05, 0.1) is 16.6 Å². The highest BCUT2D eigenvalue weighted by Crippen LogP contribution is 2.18. The zero-order valence-electron chi connectivity index (χ0n) is 10.4. The molecule has 1 aromatic carbocycles. The molecule has 19 heavy (non-hydrogen) atoms. The number of nitro benzene ring substituents is 1. The molecule has 5 nitrogen and oxygen atoms in total. The number of hydrogen-bond donors (Lipinski definition) is 0. The SMILES string of the molecule is CCCN(CCBr)C(=O)c1ccc([N+](=O)[O-])cc1F. The monoisotopic (exact) mass is 332 g/mol. The number of halogens is 2. The molecule has 1 amide bonds. The van der Waals surface area contributed by atoms with Crippen LogP contribution in [0.4, 0.5) is 10.1 Å². The average molecular weight is 333 g/mol. The van der Waals surface area contributed by atoms with Crippen molar-refractivity contribution in [2.24, 2.45) is 0 Å². The molecule has 0 bridgehead atoms. The Kier molecular flexibility index (Phi) is 5.88. The van der Waals surface area contributed by atoms with E-state index >= 15 is 0 Å². The van der Waals surface area contributed by atoms with Crippen LogP contribution >= 0.6 is 15.9 Å². The lowest BCUT2D eigenvalue weighted by Gasteiger charge is -2.21. The van der Waals surface area contributed by atoms with Crippen LogP contribution in [0.2, 0.25) is 0 Å². The van der Waals surface area contributed by atoms with E-state index < -0.39 is 16.6 Å². The van der Waals surface area contributed by atoms with Crippen LogP contribution in [0, 0.1) is 15.9 Å². The summed E-state index contributed by atoms with van der Waals surface area (Å²) in [7, 11) is 0. The van der Waals surface area contributed by atoms with Crippen LogP contribution in [-0.2, 0) is 0 Å². The number of amides is 1. The first-order valence-electron chi connectivity index (χ1n) is 5.80. The summed E-state index contributed by atoms with van der Waals surface area (Å²) >= 11 is 3.23. The van der Waals surface area contributed by atoms with E-state index in [1.165, 1.54) is 4.90 Å². The van der Waals surface area contributed by atoms with Crippen LogP contribution in [0.1, 0.15) is 23.7 Å². The van der Waals surface area contributed by atoms with Gasteiger partial charge in [0.25, 0.3) is 11.6 Å². The van der Waals surface area contributed by atoms with Crippen LogP contribution in [-0.4, -0.2) is 34.2 Å². The first-order valence-corrected chi connectivity index (χ1v) is 6.92. The van der Waals surface area contributed by atoms with E-state index in [0.29, 0.717) is 18.4 Å². The maximum Gasteiger partial charge on any atom is 0.272 e. The Morgan fingerprint density at radius 2 is 2.16 bits per heavy atom. The quantitative estimate of drug-likeness (QED) is 0.457. The lowest BCUT2D eigenvalue weighted by atomic mass is 10.1. The van der Waals surface area contributed by atoms with Crippen LogP contribution in [0.15, 0.2) is 18.2 Å². The Balaban J connectivity index is 3.01. The van der Waals surface area contributed by atoms with E-state index in [-0.39, 0.29) is 11.3 Å². The Labute approximate surface area is 118 Å². The van der Waals surface area contributed by atoms with Crippen molar-refractivity contribution in [2.75, 3.05) is 18.4 Å². The van der Waals surface area contributed by atoms with Gasteiger partial charge in [-0.3, -0.25) is 14.9 Å². The number of hydrogen-bond acceptors (Lipinski definition) is 3. The lowest BCUT2D eigenvalue weighted by Crippen LogP contribution is -2.34. The van der Waals surface area contributed by atoms with Crippen molar-refractivity contribution in [2.45, 2.75) is 13.3 Å². The highest BCUT2D eigenvalue weighted by molar-refractivity contribution is 9.09. The summed E-state index contributed by atoms with van der Waals surface area (Å²) in [6, 6.07) is 3.06. The second kappa shape index (κ2) is 7.18. The van der Waals surface area contributed by atoms with Gasteiger partial charge in [0.15, 0.2) is 0 Å². The Morgan fingerprint density at radius 3 is 2.63 bits per heavy atom. The Hall–Kier alpha value is -1.50. The molecule has 104 valence electrons. The minimum Gasteiger partial charge on any atom is -0.338 e. The second-order valence-electron chi connectivity index (χ2n) is 3.90. The summed E-state index contributed by atoms with van der Waals surface area (Å²) in [5.41, 5.74) is -0.503. The van der Waals surface area contributed by atoms with E-state index in [0.717, 1.165) is 24.6 Å². The standard InChI is InChI=1S/C12H14BrFN2O3/c1-2-6-15(7-5-13)12(17)10-4-3-9(16(18)19)8-11(10)14/h3-4,8H,2,5-7H2,1H3. The van der Waals surface area contributed by atoms with Crippen molar-refractivity contribution < 1.29 is 14.1 Å². The first-order chi connectivity index (χ1) is 9.01. The summed E-state index contributed by atoms with van der Waals surface area (Å²) in [6.45, 7) is 2.89. The van der Waals surface area contributed by atoms with Gasteiger partial charge in [0, 0.05) is 24.5 Å². The molecule has 0 aliphatic carbocycles. The molecule has 0 spiro atoms. The Morgan fingerprint density at radius 1 is 1.47 bits per heavy atom. The van der Waals surface area contributed by atoms with E-state index in [1.807, 2.05) is 6.92 Å². The molecule has 1 rings (SSSR count). The van der Waals surface area contributed by atoms with Crippen LogP contribution in [0.3, 0.4) is 0 Å². The molecular weight excluding hydrogens is 319 g/mol. The summed E-state index contributed by atoms with van der Waals surface area (Å²) in [5, 5.41) is 11.1. The summed E-state index contributed by atoms with van der Waals surface area (Å²) in [6.07, 6.45) is 0.757. The van der Waals surface area contributed by atoms with E-state index in [4.69, 9.17) is 0 Å². The van der Waals surface area contributed by atoms with Gasteiger partial charge >= 0.3 is 0 Å². The van der Waals surface area contributed by atoms with Gasteiger partial charge in [0.2, 0.25) is 0 Å². The molecule has 7 heteroatoms. The molecule has 0 atom stereocenters. The predicted molar refractivity (Wildman–Crippen MR) is 73.0 cm³/mol. The second-order valence-corrected chi connectivity index (χ2v) is 4.70. The van der Waals surface area contributed by atoms with Crippen molar-refractivity contribution in [3.05, 3.63) is 39.7 Å². The number of nitro groups is 1. The maximum atomic E-state index is 13.7. The molecule has 0 aliphatic heterocycles. The topological polar surface area (TPSA) is 63.5 Å². The molecule has 0 saturated carbocycles. The molecule has 0 N–H and O–H groups in total.